The summed E-state index contributed by atoms with van der Waals surface area (Å²) in [7, 11) is 2.02. The molecule has 0 radical (unpaired) electrons. The molecule has 0 saturated carbocycles. The molecule has 0 amide bonds. The third kappa shape index (κ3) is 3.02. The van der Waals surface area contributed by atoms with Crippen LogP contribution in [0, 0.1) is 0 Å². The van der Waals surface area contributed by atoms with Gasteiger partial charge in [-0.3, -0.25) is 4.98 Å². The first-order valence-electron chi connectivity index (χ1n) is 10.1. The zero-order valence-corrected chi connectivity index (χ0v) is 16.9. The Morgan fingerprint density at radius 2 is 1.84 bits per heavy atom. The number of anilines is 1. The van der Waals surface area contributed by atoms with Crippen molar-refractivity contribution < 1.29 is 9.15 Å². The van der Waals surface area contributed by atoms with Crippen LogP contribution in [-0.2, 0) is 0 Å². The predicted octanol–water partition coefficient (Wildman–Crippen LogP) is 4.78. The van der Waals surface area contributed by atoms with Gasteiger partial charge in [0.1, 0.15) is 17.9 Å². The molecule has 4 aromatic heterocycles. The molecule has 7 nitrogen and oxygen atoms in total. The van der Waals surface area contributed by atoms with Gasteiger partial charge in [-0.15, -0.1) is 0 Å². The van der Waals surface area contributed by atoms with Gasteiger partial charge in [-0.2, -0.15) is 0 Å². The lowest BCUT2D eigenvalue weighted by molar-refractivity contribution is 0.309. The SMILES string of the molecule is CN1CCOc2cc(-c3ccnc4cc(-c5ccc(-c6c[nH]cn6)cc5)oc34)cnc21. The van der Waals surface area contributed by atoms with E-state index in [2.05, 4.69) is 24.8 Å². The van der Waals surface area contributed by atoms with E-state index in [1.807, 2.05) is 61.9 Å². The monoisotopic (exact) mass is 409 g/mol. The molecule has 0 saturated heterocycles. The van der Waals surface area contributed by atoms with Gasteiger partial charge < -0.3 is 19.0 Å². The Bertz CT molecular complexity index is 1370. The lowest BCUT2D eigenvalue weighted by Crippen LogP contribution is -2.29. The topological polar surface area (TPSA) is 80.1 Å². The first kappa shape index (κ1) is 17.7. The number of hydrogen-bond donors (Lipinski definition) is 1. The summed E-state index contributed by atoms with van der Waals surface area (Å²) in [5, 5.41) is 0. The number of furan rings is 1. The Hall–Kier alpha value is -4.13. The quantitative estimate of drug-likeness (QED) is 0.462. The molecule has 7 heteroatoms. The average molecular weight is 409 g/mol. The fourth-order valence-corrected chi connectivity index (χ4v) is 3.91. The van der Waals surface area contributed by atoms with E-state index in [-0.39, 0.29) is 0 Å². The third-order valence-electron chi connectivity index (χ3n) is 5.57. The van der Waals surface area contributed by atoms with Gasteiger partial charge in [0.25, 0.3) is 0 Å². The van der Waals surface area contributed by atoms with Crippen molar-refractivity contribution in [2.45, 2.75) is 0 Å². The van der Waals surface area contributed by atoms with Gasteiger partial charge in [-0.05, 0) is 12.1 Å². The van der Waals surface area contributed by atoms with E-state index in [4.69, 9.17) is 9.15 Å². The predicted molar refractivity (Wildman–Crippen MR) is 119 cm³/mol. The molecule has 1 aliphatic rings. The van der Waals surface area contributed by atoms with Crippen molar-refractivity contribution in [3.63, 3.8) is 0 Å². The molecule has 6 rings (SSSR count). The summed E-state index contributed by atoms with van der Waals surface area (Å²) in [6, 6.07) is 14.1. The minimum Gasteiger partial charge on any atom is -0.488 e. The minimum atomic E-state index is 0.652. The lowest BCUT2D eigenvalue weighted by Gasteiger charge is -2.26. The van der Waals surface area contributed by atoms with Crippen molar-refractivity contribution in [1.82, 2.24) is 19.9 Å². The average Bonchev–Trinajstić information content (AvgIpc) is 3.49. The summed E-state index contributed by atoms with van der Waals surface area (Å²) in [6.07, 6.45) is 7.21. The van der Waals surface area contributed by atoms with Crippen LogP contribution in [0.1, 0.15) is 0 Å². The van der Waals surface area contributed by atoms with E-state index in [1.54, 1.807) is 12.5 Å². The summed E-state index contributed by atoms with van der Waals surface area (Å²) in [6.45, 7) is 1.49. The highest BCUT2D eigenvalue weighted by atomic mass is 16.5. The van der Waals surface area contributed by atoms with E-state index >= 15 is 0 Å². The molecule has 0 fully saturated rings. The number of fused-ring (bicyclic) bond motifs is 2. The van der Waals surface area contributed by atoms with E-state index in [0.717, 1.165) is 62.9 Å². The molecule has 5 heterocycles. The molecule has 0 aliphatic carbocycles. The van der Waals surface area contributed by atoms with Crippen molar-refractivity contribution >= 4 is 16.9 Å². The number of aromatic nitrogens is 4. The number of likely N-dealkylation sites (N-methyl/N-ethyl adjacent to an activating group) is 1. The lowest BCUT2D eigenvalue weighted by atomic mass is 10.1. The van der Waals surface area contributed by atoms with Crippen LogP contribution >= 0.6 is 0 Å². The summed E-state index contributed by atoms with van der Waals surface area (Å²) in [5.41, 5.74) is 6.36. The van der Waals surface area contributed by atoms with Crippen LogP contribution in [0.4, 0.5) is 5.82 Å². The highest BCUT2D eigenvalue weighted by Gasteiger charge is 2.19. The second kappa shape index (κ2) is 6.98. The second-order valence-electron chi connectivity index (χ2n) is 7.53. The maximum absolute atomic E-state index is 6.27. The molecule has 0 bridgehead atoms. The molecular weight excluding hydrogens is 390 g/mol. The number of pyridine rings is 2. The van der Waals surface area contributed by atoms with Crippen LogP contribution in [-0.4, -0.2) is 40.1 Å². The zero-order valence-electron chi connectivity index (χ0n) is 16.9. The van der Waals surface area contributed by atoms with E-state index < -0.39 is 0 Å². The van der Waals surface area contributed by atoms with Crippen LogP contribution in [0.2, 0.25) is 0 Å². The molecule has 1 N–H and O–H groups in total. The molecule has 152 valence electrons. The normalized spacial score (nSPS) is 13.3. The van der Waals surface area contributed by atoms with Crippen molar-refractivity contribution in [2.24, 2.45) is 0 Å². The molecule has 1 aromatic carbocycles. The fourth-order valence-electron chi connectivity index (χ4n) is 3.91. The van der Waals surface area contributed by atoms with Crippen molar-refractivity contribution in [3.05, 3.63) is 67.4 Å². The van der Waals surface area contributed by atoms with Crippen LogP contribution in [0.15, 0.2) is 71.8 Å². The minimum absolute atomic E-state index is 0.652. The number of H-pyrrole nitrogens is 1. The Kier molecular flexibility index (Phi) is 3.99. The van der Waals surface area contributed by atoms with E-state index in [0.29, 0.717) is 6.61 Å². The van der Waals surface area contributed by atoms with E-state index in [1.165, 1.54) is 0 Å². The number of aromatic amines is 1. The molecule has 1 aliphatic heterocycles. The molecule has 0 unspecified atom stereocenters. The van der Waals surface area contributed by atoms with Crippen LogP contribution in [0.3, 0.4) is 0 Å². The number of nitrogens with one attached hydrogen (secondary N) is 1. The highest BCUT2D eigenvalue weighted by Crippen LogP contribution is 2.37. The second-order valence-corrected chi connectivity index (χ2v) is 7.53. The molecular formula is C24H19N5O2. The summed E-state index contributed by atoms with van der Waals surface area (Å²) in [5.74, 6) is 2.42. The largest absolute Gasteiger partial charge is 0.488 e. The molecule has 5 aromatic rings. The summed E-state index contributed by atoms with van der Waals surface area (Å²) in [4.78, 5) is 18.5. The molecule has 0 spiro atoms. The molecule has 31 heavy (non-hydrogen) atoms. The number of benzene rings is 1. The van der Waals surface area contributed by atoms with Gasteiger partial charge in [0.2, 0.25) is 0 Å². The van der Waals surface area contributed by atoms with Gasteiger partial charge in [-0.25, -0.2) is 9.97 Å². The maximum atomic E-state index is 6.27. The fraction of sp³-hybridized carbons (Fsp3) is 0.125. The van der Waals surface area contributed by atoms with E-state index in [9.17, 15) is 0 Å². The van der Waals surface area contributed by atoms with Crippen LogP contribution < -0.4 is 9.64 Å². The van der Waals surface area contributed by atoms with Gasteiger partial charge in [0.15, 0.2) is 17.2 Å². The van der Waals surface area contributed by atoms with Crippen LogP contribution in [0.5, 0.6) is 5.75 Å². The van der Waals surface area contributed by atoms with Crippen molar-refractivity contribution in [2.75, 3.05) is 25.1 Å². The van der Waals surface area contributed by atoms with Gasteiger partial charge >= 0.3 is 0 Å². The third-order valence-corrected chi connectivity index (χ3v) is 5.57. The Morgan fingerprint density at radius 3 is 2.68 bits per heavy atom. The van der Waals surface area contributed by atoms with Crippen LogP contribution in [0.25, 0.3) is 44.8 Å². The summed E-state index contributed by atoms with van der Waals surface area (Å²) < 4.78 is 12.1. The van der Waals surface area contributed by atoms with Gasteiger partial charge in [0.05, 0.1) is 18.6 Å². The van der Waals surface area contributed by atoms with Crippen molar-refractivity contribution in [3.8, 4) is 39.5 Å². The first-order chi connectivity index (χ1) is 15.3. The number of hydrogen-bond acceptors (Lipinski definition) is 6. The standard InChI is InChI=1S/C24H19N5O2/c1-29-8-9-30-22-10-17(12-27-24(22)29)18-6-7-26-19-11-21(31-23(18)19)16-4-2-15(3-5-16)20-13-25-14-28-20/h2-7,10-14H,8-9H2,1H3,(H,25,28). The number of nitrogens with zero attached hydrogens (tertiary/aromatic N) is 4. The Labute approximate surface area is 178 Å². The number of ether oxygens (including phenoxy) is 1. The smallest absolute Gasteiger partial charge is 0.171 e. The molecule has 0 atom stereocenters. The van der Waals surface area contributed by atoms with Crippen molar-refractivity contribution in [1.29, 1.82) is 0 Å². The summed E-state index contributed by atoms with van der Waals surface area (Å²) >= 11 is 0. The Morgan fingerprint density at radius 1 is 0.968 bits per heavy atom. The zero-order chi connectivity index (χ0) is 20.8. The first-order valence-corrected chi connectivity index (χ1v) is 10.1. The highest BCUT2D eigenvalue weighted by molar-refractivity contribution is 5.92. The maximum Gasteiger partial charge on any atom is 0.171 e. The Balaban J connectivity index is 1.40. The van der Waals surface area contributed by atoms with Gasteiger partial charge in [-0.1, -0.05) is 24.3 Å². The number of rotatable bonds is 3. The van der Waals surface area contributed by atoms with Gasteiger partial charge in [0, 0.05) is 54.0 Å². The number of imidazole rings is 1.